The average molecular weight is 425 g/mol. The van der Waals surface area contributed by atoms with Crippen LogP contribution in [0.5, 0.6) is 11.5 Å². The van der Waals surface area contributed by atoms with Crippen molar-refractivity contribution < 1.29 is 24.2 Å². The molecule has 0 spiro atoms. The Morgan fingerprint density at radius 3 is 2.45 bits per heavy atom. The van der Waals surface area contributed by atoms with Crippen LogP contribution in [0, 0.1) is 12.3 Å². The molecule has 0 unspecified atom stereocenters. The monoisotopic (exact) mass is 424 g/mol. The molecule has 0 atom stereocenters. The molecule has 166 valence electrons. The zero-order valence-corrected chi connectivity index (χ0v) is 19.1. The zero-order valence-electron chi connectivity index (χ0n) is 19.1. The zero-order chi connectivity index (χ0) is 22.8. The van der Waals surface area contributed by atoms with Crippen molar-refractivity contribution in [2.24, 2.45) is 5.41 Å². The Kier molecular flexibility index (Phi) is 6.73. The first-order valence-corrected chi connectivity index (χ1v) is 10.9. The molecule has 0 aliphatic heterocycles. The highest BCUT2D eigenvalue weighted by atomic mass is 16.5. The second-order valence-corrected chi connectivity index (χ2v) is 9.00. The van der Waals surface area contributed by atoms with E-state index in [1.807, 2.05) is 39.0 Å². The minimum Gasteiger partial charge on any atom is -0.508 e. The summed E-state index contributed by atoms with van der Waals surface area (Å²) in [7, 11) is 0. The van der Waals surface area contributed by atoms with Gasteiger partial charge in [-0.15, -0.1) is 0 Å². The number of carbonyl (C=O) groups is 2. The van der Waals surface area contributed by atoms with Gasteiger partial charge in [0, 0.05) is 16.7 Å². The number of ketones is 1. The van der Waals surface area contributed by atoms with E-state index in [-0.39, 0.29) is 30.2 Å². The fourth-order valence-corrected chi connectivity index (χ4v) is 3.60. The summed E-state index contributed by atoms with van der Waals surface area (Å²) in [6.45, 7) is 9.12. The van der Waals surface area contributed by atoms with Crippen LogP contribution in [-0.4, -0.2) is 29.6 Å². The van der Waals surface area contributed by atoms with Crippen molar-refractivity contribution in [2.75, 3.05) is 6.61 Å². The first-order valence-electron chi connectivity index (χ1n) is 10.9. The van der Waals surface area contributed by atoms with Gasteiger partial charge in [-0.3, -0.25) is 9.59 Å². The minimum absolute atomic E-state index is 0.0251. The lowest BCUT2D eigenvalue weighted by atomic mass is 9.92. The third-order valence-electron chi connectivity index (χ3n) is 6.01. The maximum absolute atomic E-state index is 12.6. The van der Waals surface area contributed by atoms with Gasteiger partial charge in [-0.2, -0.15) is 0 Å². The molecule has 0 heterocycles. The molecule has 1 aliphatic carbocycles. The molecule has 1 N–H and O–H groups in total. The number of ether oxygens (including phenoxy) is 2. The number of phenols is 1. The lowest BCUT2D eigenvalue weighted by Gasteiger charge is -2.30. The molecule has 5 nitrogen and oxygen atoms in total. The van der Waals surface area contributed by atoms with Crippen LogP contribution in [0.3, 0.4) is 0 Å². The van der Waals surface area contributed by atoms with Crippen molar-refractivity contribution in [1.82, 2.24) is 0 Å². The molecule has 31 heavy (non-hydrogen) atoms. The Balaban J connectivity index is 1.90. The summed E-state index contributed by atoms with van der Waals surface area (Å²) in [5.41, 5.74) is 3.17. The van der Waals surface area contributed by atoms with Gasteiger partial charge in [0.05, 0.1) is 5.41 Å². The molecular weight excluding hydrogens is 392 g/mol. The highest BCUT2D eigenvalue weighted by Crippen LogP contribution is 2.39. The Labute approximate surface area is 184 Å². The number of esters is 1. The standard InChI is InChI=1S/C26H32O5/c1-6-18-14-19(10-11-21(18)17(3)27)22-12-13-23(28)16(2)24(22)30-15-26(4,5)25(29)31-20-8-7-9-20/h10-14,20,28H,6-9,15H2,1-5H3. The van der Waals surface area contributed by atoms with Crippen LogP contribution in [0.1, 0.15) is 68.4 Å². The molecule has 1 saturated carbocycles. The summed E-state index contributed by atoms with van der Waals surface area (Å²) < 4.78 is 11.7. The number of aromatic hydroxyl groups is 1. The van der Waals surface area contributed by atoms with Gasteiger partial charge in [0.25, 0.3) is 0 Å². The Morgan fingerprint density at radius 2 is 1.87 bits per heavy atom. The Bertz CT molecular complexity index is 986. The van der Waals surface area contributed by atoms with Gasteiger partial charge >= 0.3 is 5.97 Å². The van der Waals surface area contributed by atoms with Crippen molar-refractivity contribution in [3.63, 3.8) is 0 Å². The smallest absolute Gasteiger partial charge is 0.315 e. The van der Waals surface area contributed by atoms with Crippen LogP contribution >= 0.6 is 0 Å². The molecule has 3 rings (SSSR count). The van der Waals surface area contributed by atoms with E-state index in [4.69, 9.17) is 9.47 Å². The largest absolute Gasteiger partial charge is 0.508 e. The molecule has 2 aromatic carbocycles. The molecule has 0 amide bonds. The van der Waals surface area contributed by atoms with Crippen LogP contribution in [0.2, 0.25) is 0 Å². The van der Waals surface area contributed by atoms with Crippen LogP contribution in [-0.2, 0) is 16.0 Å². The topological polar surface area (TPSA) is 72.8 Å². The molecule has 1 fully saturated rings. The highest BCUT2D eigenvalue weighted by molar-refractivity contribution is 5.96. The maximum atomic E-state index is 12.6. The quantitative estimate of drug-likeness (QED) is 0.439. The van der Waals surface area contributed by atoms with Gasteiger partial charge in [-0.05, 0) is 76.6 Å². The Morgan fingerprint density at radius 1 is 1.16 bits per heavy atom. The number of aryl methyl sites for hydroxylation is 1. The number of Topliss-reactive ketones (excluding diaryl/α,β-unsaturated/α-hetero) is 1. The molecule has 1 aliphatic rings. The van der Waals surface area contributed by atoms with E-state index in [1.54, 1.807) is 26.0 Å². The summed E-state index contributed by atoms with van der Waals surface area (Å²) in [6.07, 6.45) is 3.71. The third-order valence-corrected chi connectivity index (χ3v) is 6.01. The second kappa shape index (κ2) is 9.13. The molecular formula is C26H32O5. The van der Waals surface area contributed by atoms with Gasteiger partial charge in [-0.1, -0.05) is 25.1 Å². The molecule has 0 bridgehead atoms. The molecule has 0 aromatic heterocycles. The summed E-state index contributed by atoms with van der Waals surface area (Å²) in [6, 6.07) is 9.16. The van der Waals surface area contributed by atoms with Gasteiger partial charge in [0.2, 0.25) is 0 Å². The molecule has 0 saturated heterocycles. The van der Waals surface area contributed by atoms with Gasteiger partial charge in [-0.25, -0.2) is 0 Å². The van der Waals surface area contributed by atoms with E-state index < -0.39 is 5.41 Å². The molecule has 0 radical (unpaired) electrons. The molecule has 2 aromatic rings. The summed E-state index contributed by atoms with van der Waals surface area (Å²) >= 11 is 0. The van der Waals surface area contributed by atoms with E-state index in [9.17, 15) is 14.7 Å². The van der Waals surface area contributed by atoms with Crippen molar-refractivity contribution >= 4 is 11.8 Å². The van der Waals surface area contributed by atoms with E-state index in [2.05, 4.69) is 0 Å². The van der Waals surface area contributed by atoms with Gasteiger partial charge in [0.15, 0.2) is 5.78 Å². The SMILES string of the molecule is CCc1cc(-c2ccc(O)c(C)c2OCC(C)(C)C(=O)OC2CCC2)ccc1C(C)=O. The number of carbonyl (C=O) groups excluding carboxylic acids is 2. The maximum Gasteiger partial charge on any atom is 0.315 e. The van der Waals surface area contributed by atoms with Crippen LogP contribution in [0.4, 0.5) is 0 Å². The number of phenolic OH excluding ortho intramolecular Hbond substituents is 1. The number of rotatable bonds is 8. The fourth-order valence-electron chi connectivity index (χ4n) is 3.60. The summed E-state index contributed by atoms with van der Waals surface area (Å²) in [4.78, 5) is 24.5. The summed E-state index contributed by atoms with van der Waals surface area (Å²) in [5, 5.41) is 10.3. The molecule has 5 heteroatoms. The normalized spacial score (nSPS) is 14.1. The number of hydrogen-bond donors (Lipinski definition) is 1. The predicted octanol–water partition coefficient (Wildman–Crippen LogP) is 5.63. The Hall–Kier alpha value is -2.82. The van der Waals surface area contributed by atoms with Crippen molar-refractivity contribution in [2.45, 2.75) is 66.4 Å². The first-order chi connectivity index (χ1) is 14.6. The van der Waals surface area contributed by atoms with Crippen LogP contribution < -0.4 is 4.74 Å². The van der Waals surface area contributed by atoms with E-state index in [0.29, 0.717) is 16.9 Å². The third kappa shape index (κ3) is 4.92. The van der Waals surface area contributed by atoms with E-state index in [1.165, 1.54) is 0 Å². The van der Waals surface area contributed by atoms with Crippen molar-refractivity contribution in [1.29, 1.82) is 0 Å². The lowest BCUT2D eigenvalue weighted by molar-refractivity contribution is -0.165. The van der Waals surface area contributed by atoms with Crippen LogP contribution in [0.25, 0.3) is 11.1 Å². The average Bonchev–Trinajstić information content (AvgIpc) is 2.70. The van der Waals surface area contributed by atoms with E-state index in [0.717, 1.165) is 42.4 Å². The number of hydrogen-bond acceptors (Lipinski definition) is 5. The fraction of sp³-hybridized carbons (Fsp3) is 0.462. The number of benzene rings is 2. The predicted molar refractivity (Wildman–Crippen MR) is 121 cm³/mol. The van der Waals surface area contributed by atoms with Gasteiger partial charge in [0.1, 0.15) is 24.2 Å². The van der Waals surface area contributed by atoms with Gasteiger partial charge < -0.3 is 14.6 Å². The highest BCUT2D eigenvalue weighted by Gasteiger charge is 2.34. The van der Waals surface area contributed by atoms with E-state index >= 15 is 0 Å². The van der Waals surface area contributed by atoms with Crippen molar-refractivity contribution in [3.05, 3.63) is 47.0 Å². The summed E-state index contributed by atoms with van der Waals surface area (Å²) in [5.74, 6) is 0.427. The second-order valence-electron chi connectivity index (χ2n) is 9.00. The minimum atomic E-state index is -0.822. The lowest BCUT2D eigenvalue weighted by Crippen LogP contribution is -2.37. The van der Waals surface area contributed by atoms with Crippen molar-refractivity contribution in [3.8, 4) is 22.6 Å². The first kappa shape index (κ1) is 22.9. The van der Waals surface area contributed by atoms with Crippen LogP contribution in [0.15, 0.2) is 30.3 Å².